The van der Waals surface area contributed by atoms with Crippen LogP contribution in [0.1, 0.15) is 85.0 Å². The molecule has 16 heteroatoms. The van der Waals surface area contributed by atoms with Crippen LogP contribution in [0.3, 0.4) is 0 Å². The number of anilines is 2. The molecule has 1 saturated heterocycles. The molecule has 0 radical (unpaired) electrons. The zero-order chi connectivity index (χ0) is 45.1. The highest BCUT2D eigenvalue weighted by atomic mass is 32.2. The number of aryl methyl sites for hydroxylation is 2. The lowest BCUT2D eigenvalue weighted by Crippen LogP contribution is -2.49. The molecule has 328 valence electrons. The topological polar surface area (TPSA) is 186 Å². The van der Waals surface area contributed by atoms with Crippen LogP contribution in [0.15, 0.2) is 90.1 Å². The maximum Gasteiger partial charge on any atom is 0.328 e. The number of imide groups is 1. The predicted molar refractivity (Wildman–Crippen MR) is 238 cm³/mol. The first-order chi connectivity index (χ1) is 30.0. The Bertz CT molecular complexity index is 2820. The molecule has 63 heavy (non-hydrogen) atoms. The van der Waals surface area contributed by atoms with E-state index in [1.807, 2.05) is 18.2 Å². The van der Waals surface area contributed by atoms with E-state index in [0.717, 1.165) is 55.0 Å². The minimum atomic E-state index is -3.79. The highest BCUT2D eigenvalue weighted by Gasteiger charge is 2.27. The van der Waals surface area contributed by atoms with Gasteiger partial charge in [0.2, 0.25) is 15.9 Å². The third-order valence-electron chi connectivity index (χ3n) is 11.3. The van der Waals surface area contributed by atoms with E-state index in [1.54, 1.807) is 19.9 Å². The van der Waals surface area contributed by atoms with Crippen LogP contribution in [-0.4, -0.2) is 59.4 Å². The van der Waals surface area contributed by atoms with Gasteiger partial charge in [0.15, 0.2) is 0 Å². The van der Waals surface area contributed by atoms with Crippen molar-refractivity contribution in [2.75, 3.05) is 23.3 Å². The number of unbranched alkanes of at least 4 members (excludes halogenated alkanes) is 4. The number of nitrogens with zero attached hydrogens (tertiary/aromatic N) is 3. The minimum Gasteiger partial charge on any atom is -0.386 e. The molecule has 1 fully saturated rings. The first kappa shape index (κ1) is 44.7. The van der Waals surface area contributed by atoms with Crippen LogP contribution in [0.25, 0.3) is 33.5 Å². The molecular weight excluding hydrogens is 829 g/mol. The lowest BCUT2D eigenvalue weighted by Gasteiger charge is -2.28. The molecule has 0 bridgehead atoms. The maximum absolute atomic E-state index is 15.1. The SMILES string of the molecule is Cc1ccc(S(=O)(=O)NCCCCCCCc2ccc(-c3cc4c(-c5cc(F)cc(NC(=O)c6ccc(C(C)(C)O)cc6F)c5C)ncnc4[nH]3)cc2)cc1N1CCC(=O)NC1=O. The van der Waals surface area contributed by atoms with Gasteiger partial charge in [-0.2, -0.15) is 0 Å². The van der Waals surface area contributed by atoms with Crippen molar-refractivity contribution in [2.45, 2.75) is 83.1 Å². The summed E-state index contributed by atoms with van der Waals surface area (Å²) in [6.45, 7) is 7.00. The Labute approximate surface area is 364 Å². The second-order valence-electron chi connectivity index (χ2n) is 16.3. The number of urea groups is 1. The number of nitrogens with one attached hydrogen (secondary N) is 4. The van der Waals surface area contributed by atoms with Gasteiger partial charge in [0.05, 0.1) is 21.8 Å². The molecule has 0 aliphatic carbocycles. The van der Waals surface area contributed by atoms with E-state index in [0.29, 0.717) is 45.5 Å². The molecule has 4 aromatic carbocycles. The zero-order valence-corrected chi connectivity index (χ0v) is 36.3. The molecule has 6 aromatic rings. The quantitative estimate of drug-likeness (QED) is 0.0599. The van der Waals surface area contributed by atoms with Gasteiger partial charge in [0.25, 0.3) is 5.91 Å². The Balaban J connectivity index is 0.912. The Hall–Kier alpha value is -6.36. The lowest BCUT2D eigenvalue weighted by molar-refractivity contribution is -0.120. The fourth-order valence-electron chi connectivity index (χ4n) is 7.60. The molecule has 0 atom stereocenters. The number of fused-ring (bicyclic) bond motifs is 1. The molecule has 0 saturated carbocycles. The van der Waals surface area contributed by atoms with Gasteiger partial charge in [-0.25, -0.2) is 36.7 Å². The van der Waals surface area contributed by atoms with E-state index in [9.17, 15) is 32.3 Å². The third-order valence-corrected chi connectivity index (χ3v) is 12.7. The monoisotopic (exact) mass is 877 g/mol. The molecule has 5 N–H and O–H groups in total. The highest BCUT2D eigenvalue weighted by Crippen LogP contribution is 2.35. The molecule has 0 unspecified atom stereocenters. The number of halogens is 2. The van der Waals surface area contributed by atoms with Crippen molar-refractivity contribution in [2.24, 2.45) is 0 Å². The number of aliphatic hydroxyl groups is 1. The number of carbonyl (C=O) groups is 3. The molecule has 2 aromatic heterocycles. The minimum absolute atomic E-state index is 0.0621. The van der Waals surface area contributed by atoms with Gasteiger partial charge in [0, 0.05) is 47.5 Å². The molecule has 4 amide bonds. The van der Waals surface area contributed by atoms with E-state index >= 15 is 4.39 Å². The number of H-pyrrole nitrogens is 1. The van der Waals surface area contributed by atoms with Crippen molar-refractivity contribution in [3.8, 4) is 22.5 Å². The van der Waals surface area contributed by atoms with Gasteiger partial charge in [-0.15, -0.1) is 0 Å². The number of aromatic nitrogens is 3. The predicted octanol–water partition coefficient (Wildman–Crippen LogP) is 8.58. The second-order valence-corrected chi connectivity index (χ2v) is 18.1. The Morgan fingerprint density at radius 3 is 2.38 bits per heavy atom. The molecule has 1 aliphatic heterocycles. The van der Waals surface area contributed by atoms with E-state index < -0.39 is 39.2 Å². The molecule has 3 heterocycles. The number of benzene rings is 4. The first-order valence-electron chi connectivity index (χ1n) is 20.8. The van der Waals surface area contributed by atoms with E-state index in [1.165, 1.54) is 67.0 Å². The highest BCUT2D eigenvalue weighted by molar-refractivity contribution is 7.89. The summed E-state index contributed by atoms with van der Waals surface area (Å²) in [7, 11) is -3.79. The number of carbonyl (C=O) groups excluding carboxylic acids is 3. The van der Waals surface area contributed by atoms with E-state index in [-0.39, 0.29) is 41.6 Å². The average molecular weight is 878 g/mol. The zero-order valence-electron chi connectivity index (χ0n) is 35.4. The summed E-state index contributed by atoms with van der Waals surface area (Å²) in [5, 5.41) is 15.8. The van der Waals surface area contributed by atoms with Crippen LogP contribution in [0, 0.1) is 25.5 Å². The summed E-state index contributed by atoms with van der Waals surface area (Å²) >= 11 is 0. The van der Waals surface area contributed by atoms with Crippen molar-refractivity contribution in [1.82, 2.24) is 25.0 Å². The fourth-order valence-corrected chi connectivity index (χ4v) is 8.69. The van der Waals surface area contributed by atoms with Crippen molar-refractivity contribution in [1.29, 1.82) is 0 Å². The van der Waals surface area contributed by atoms with Gasteiger partial charge >= 0.3 is 6.03 Å². The Morgan fingerprint density at radius 1 is 0.905 bits per heavy atom. The van der Waals surface area contributed by atoms with Crippen LogP contribution in [0.4, 0.5) is 25.0 Å². The Kier molecular flexibility index (Phi) is 13.2. The summed E-state index contributed by atoms with van der Waals surface area (Å²) in [5.74, 6) is -2.56. The number of amides is 4. The van der Waals surface area contributed by atoms with Crippen molar-refractivity contribution < 1.29 is 36.7 Å². The van der Waals surface area contributed by atoms with Crippen LogP contribution in [0.2, 0.25) is 0 Å². The van der Waals surface area contributed by atoms with Gasteiger partial charge < -0.3 is 15.4 Å². The largest absolute Gasteiger partial charge is 0.386 e. The summed E-state index contributed by atoms with van der Waals surface area (Å²) < 4.78 is 58.8. The number of rotatable bonds is 16. The maximum atomic E-state index is 15.1. The van der Waals surface area contributed by atoms with Crippen LogP contribution >= 0.6 is 0 Å². The van der Waals surface area contributed by atoms with Crippen LogP contribution in [-0.2, 0) is 26.8 Å². The van der Waals surface area contributed by atoms with Crippen molar-refractivity contribution in [3.63, 3.8) is 0 Å². The van der Waals surface area contributed by atoms with Gasteiger partial charge in [-0.3, -0.25) is 19.8 Å². The van der Waals surface area contributed by atoms with E-state index in [4.69, 9.17) is 0 Å². The smallest absolute Gasteiger partial charge is 0.328 e. The molecule has 13 nitrogen and oxygen atoms in total. The molecule has 7 rings (SSSR count). The summed E-state index contributed by atoms with van der Waals surface area (Å²) in [6, 6.07) is 20.5. The molecule has 0 spiro atoms. The van der Waals surface area contributed by atoms with Crippen molar-refractivity contribution >= 4 is 50.3 Å². The number of aromatic amines is 1. The Morgan fingerprint density at radius 2 is 1.65 bits per heavy atom. The lowest BCUT2D eigenvalue weighted by atomic mass is 9.96. The summed E-state index contributed by atoms with van der Waals surface area (Å²) in [5.41, 5.74) is 4.93. The summed E-state index contributed by atoms with van der Waals surface area (Å²) in [6.07, 6.45) is 6.84. The van der Waals surface area contributed by atoms with Crippen LogP contribution < -0.4 is 20.3 Å². The van der Waals surface area contributed by atoms with Gasteiger partial charge in [-0.05, 0) is 117 Å². The normalized spacial score (nSPS) is 13.4. The number of sulfonamides is 1. The number of hydrogen-bond acceptors (Lipinski definition) is 8. The molecular formula is C47H49F2N7O6S. The fraction of sp³-hybridized carbons (Fsp3) is 0.298. The average Bonchev–Trinajstić information content (AvgIpc) is 3.68. The van der Waals surface area contributed by atoms with Gasteiger partial charge in [-0.1, -0.05) is 55.7 Å². The first-order valence-corrected chi connectivity index (χ1v) is 22.3. The van der Waals surface area contributed by atoms with Crippen molar-refractivity contribution in [3.05, 3.63) is 125 Å². The second kappa shape index (κ2) is 18.5. The molecule has 1 aliphatic rings. The number of hydrogen-bond donors (Lipinski definition) is 5. The van der Waals surface area contributed by atoms with E-state index in [2.05, 4.69) is 42.4 Å². The van der Waals surface area contributed by atoms with Crippen LogP contribution in [0.5, 0.6) is 0 Å². The standard InChI is InChI=1S/C47H49F2N7O6S/c1-28-11-17-34(25-41(28)56-21-19-42(57)55-46(56)59)63(61,62)52-20-9-7-5-6-8-10-30-12-14-31(15-13-30)40-26-37-43(50-27-51-44(37)53-40)36-23-33(48)24-39(29(36)2)54-45(58)35-18-16-32(22-38(35)49)47(3,4)60/h11-18,22-27,52,60H,5-10,19-21H2,1-4H3,(H,54,58)(H,50,51,53)(H,55,57,59). The summed E-state index contributed by atoms with van der Waals surface area (Å²) in [4.78, 5) is 50.8. The van der Waals surface area contributed by atoms with Gasteiger partial charge in [0.1, 0.15) is 23.6 Å². The third kappa shape index (κ3) is 10.3.